The minimum absolute atomic E-state index is 0.555. The molecular weight excluding hydrogens is 234 g/mol. The lowest BCUT2D eigenvalue weighted by molar-refractivity contribution is 0.826. The van der Waals surface area contributed by atoms with Crippen LogP contribution in [-0.2, 0) is 6.54 Å². The molecule has 17 heavy (non-hydrogen) atoms. The highest BCUT2D eigenvalue weighted by atomic mass is 35.5. The number of halogens is 1. The SMILES string of the molecule is Cc1cc(CN)ccc1-n1nc(C)c(Cl)c1C. The van der Waals surface area contributed by atoms with E-state index in [4.69, 9.17) is 17.3 Å². The molecular formula is C13H16ClN3. The van der Waals surface area contributed by atoms with Crippen LogP contribution in [0.5, 0.6) is 0 Å². The van der Waals surface area contributed by atoms with Gasteiger partial charge in [0.15, 0.2) is 0 Å². The third-order valence-corrected chi connectivity index (χ3v) is 3.48. The number of benzene rings is 1. The lowest BCUT2D eigenvalue weighted by atomic mass is 10.1. The van der Waals surface area contributed by atoms with Crippen LogP contribution < -0.4 is 5.73 Å². The first-order valence-corrected chi connectivity index (χ1v) is 5.94. The van der Waals surface area contributed by atoms with E-state index in [9.17, 15) is 0 Å². The Balaban J connectivity index is 2.57. The molecule has 0 fully saturated rings. The molecule has 2 aromatic rings. The molecule has 0 radical (unpaired) electrons. The van der Waals surface area contributed by atoms with Crippen molar-refractivity contribution in [2.75, 3.05) is 0 Å². The van der Waals surface area contributed by atoms with E-state index in [1.54, 1.807) is 0 Å². The monoisotopic (exact) mass is 249 g/mol. The van der Waals surface area contributed by atoms with Gasteiger partial charge in [-0.1, -0.05) is 23.7 Å². The minimum Gasteiger partial charge on any atom is -0.326 e. The molecule has 0 amide bonds. The zero-order valence-corrected chi connectivity index (χ0v) is 11.0. The fourth-order valence-electron chi connectivity index (χ4n) is 1.94. The summed E-state index contributed by atoms with van der Waals surface area (Å²) in [4.78, 5) is 0. The molecule has 3 nitrogen and oxygen atoms in total. The molecule has 0 aliphatic rings. The second-order valence-electron chi connectivity index (χ2n) is 4.22. The van der Waals surface area contributed by atoms with Gasteiger partial charge in [-0.25, -0.2) is 4.68 Å². The van der Waals surface area contributed by atoms with Gasteiger partial charge in [0.25, 0.3) is 0 Å². The summed E-state index contributed by atoms with van der Waals surface area (Å²) < 4.78 is 1.88. The Kier molecular flexibility index (Phi) is 3.22. The normalized spacial score (nSPS) is 10.9. The number of nitrogens with two attached hydrogens (primary N) is 1. The number of nitrogens with zero attached hydrogens (tertiary/aromatic N) is 2. The smallest absolute Gasteiger partial charge is 0.0848 e. The summed E-state index contributed by atoms with van der Waals surface area (Å²) >= 11 is 6.16. The molecule has 0 saturated carbocycles. The predicted molar refractivity (Wildman–Crippen MR) is 70.7 cm³/mol. The highest BCUT2D eigenvalue weighted by molar-refractivity contribution is 6.31. The third kappa shape index (κ3) is 2.08. The highest BCUT2D eigenvalue weighted by Crippen LogP contribution is 2.24. The fraction of sp³-hybridized carbons (Fsp3) is 0.308. The molecule has 2 rings (SSSR count). The molecule has 1 aromatic heterocycles. The summed E-state index contributed by atoms with van der Waals surface area (Å²) in [6.07, 6.45) is 0. The summed E-state index contributed by atoms with van der Waals surface area (Å²) in [5.41, 5.74) is 10.8. The van der Waals surface area contributed by atoms with E-state index in [-0.39, 0.29) is 0 Å². The van der Waals surface area contributed by atoms with Gasteiger partial charge in [0.2, 0.25) is 0 Å². The van der Waals surface area contributed by atoms with Crippen molar-refractivity contribution in [3.05, 3.63) is 45.7 Å². The second kappa shape index (κ2) is 4.51. The van der Waals surface area contributed by atoms with Crippen molar-refractivity contribution < 1.29 is 0 Å². The average molecular weight is 250 g/mol. The van der Waals surface area contributed by atoms with E-state index in [1.807, 2.05) is 30.7 Å². The predicted octanol–water partition coefficient (Wildman–Crippen LogP) is 2.91. The van der Waals surface area contributed by atoms with Gasteiger partial charge in [0, 0.05) is 6.54 Å². The first kappa shape index (κ1) is 12.1. The maximum atomic E-state index is 6.16. The van der Waals surface area contributed by atoms with Gasteiger partial charge >= 0.3 is 0 Å². The molecule has 0 unspecified atom stereocenters. The zero-order chi connectivity index (χ0) is 12.6. The molecule has 0 saturated heterocycles. The van der Waals surface area contributed by atoms with Gasteiger partial charge in [-0.05, 0) is 38.0 Å². The van der Waals surface area contributed by atoms with Crippen LogP contribution in [0.1, 0.15) is 22.5 Å². The quantitative estimate of drug-likeness (QED) is 0.890. The van der Waals surface area contributed by atoms with E-state index in [0.717, 1.165) is 33.2 Å². The van der Waals surface area contributed by atoms with Crippen LogP contribution >= 0.6 is 11.6 Å². The number of aryl methyl sites for hydroxylation is 2. The van der Waals surface area contributed by atoms with Gasteiger partial charge in [0.05, 0.1) is 22.1 Å². The number of rotatable bonds is 2. The lowest BCUT2D eigenvalue weighted by Crippen LogP contribution is -2.03. The van der Waals surface area contributed by atoms with Crippen molar-refractivity contribution in [3.8, 4) is 5.69 Å². The van der Waals surface area contributed by atoms with Crippen LogP contribution in [0.15, 0.2) is 18.2 Å². The third-order valence-electron chi connectivity index (χ3n) is 2.93. The maximum absolute atomic E-state index is 6.16. The van der Waals surface area contributed by atoms with Crippen LogP contribution in [0.2, 0.25) is 5.02 Å². The Morgan fingerprint density at radius 2 is 2.00 bits per heavy atom. The lowest BCUT2D eigenvalue weighted by Gasteiger charge is -2.09. The first-order chi connectivity index (χ1) is 8.04. The Morgan fingerprint density at radius 1 is 1.29 bits per heavy atom. The highest BCUT2D eigenvalue weighted by Gasteiger charge is 2.12. The number of hydrogen-bond donors (Lipinski definition) is 1. The number of hydrogen-bond acceptors (Lipinski definition) is 2. The van der Waals surface area contributed by atoms with E-state index in [0.29, 0.717) is 6.54 Å². The Bertz CT molecular complexity index is 558. The summed E-state index contributed by atoms with van der Waals surface area (Å²) in [6.45, 7) is 6.49. The van der Waals surface area contributed by atoms with Crippen molar-refractivity contribution in [2.45, 2.75) is 27.3 Å². The Labute approximate surface area is 106 Å². The molecule has 4 heteroatoms. The molecule has 2 N–H and O–H groups in total. The molecule has 0 spiro atoms. The number of aromatic nitrogens is 2. The van der Waals surface area contributed by atoms with Gasteiger partial charge in [0.1, 0.15) is 0 Å². The first-order valence-electron chi connectivity index (χ1n) is 5.56. The average Bonchev–Trinajstić information content (AvgIpc) is 2.57. The van der Waals surface area contributed by atoms with Crippen molar-refractivity contribution in [2.24, 2.45) is 5.73 Å². The molecule has 1 aromatic carbocycles. The summed E-state index contributed by atoms with van der Waals surface area (Å²) in [7, 11) is 0. The van der Waals surface area contributed by atoms with Crippen LogP contribution in [0.25, 0.3) is 5.69 Å². The maximum Gasteiger partial charge on any atom is 0.0848 e. The van der Waals surface area contributed by atoms with E-state index in [2.05, 4.69) is 18.1 Å². The van der Waals surface area contributed by atoms with Gasteiger partial charge in [-0.15, -0.1) is 0 Å². The van der Waals surface area contributed by atoms with Crippen molar-refractivity contribution in [3.63, 3.8) is 0 Å². The Morgan fingerprint density at radius 3 is 2.47 bits per heavy atom. The molecule has 0 bridgehead atoms. The summed E-state index contributed by atoms with van der Waals surface area (Å²) in [5.74, 6) is 0. The minimum atomic E-state index is 0.555. The molecule has 0 aliphatic carbocycles. The van der Waals surface area contributed by atoms with E-state index >= 15 is 0 Å². The van der Waals surface area contributed by atoms with Gasteiger partial charge in [-0.2, -0.15) is 5.10 Å². The topological polar surface area (TPSA) is 43.8 Å². The van der Waals surface area contributed by atoms with Crippen molar-refractivity contribution >= 4 is 11.6 Å². The standard InChI is InChI=1S/C13H16ClN3/c1-8-6-11(7-15)4-5-12(8)17-10(3)13(14)9(2)16-17/h4-6H,7,15H2,1-3H3. The second-order valence-corrected chi connectivity index (χ2v) is 4.60. The van der Waals surface area contributed by atoms with Gasteiger partial charge in [-0.3, -0.25) is 0 Å². The van der Waals surface area contributed by atoms with Gasteiger partial charge < -0.3 is 5.73 Å². The zero-order valence-electron chi connectivity index (χ0n) is 10.3. The molecule has 90 valence electrons. The van der Waals surface area contributed by atoms with Crippen LogP contribution in [-0.4, -0.2) is 9.78 Å². The van der Waals surface area contributed by atoms with Crippen LogP contribution in [0.3, 0.4) is 0 Å². The largest absolute Gasteiger partial charge is 0.326 e. The summed E-state index contributed by atoms with van der Waals surface area (Å²) in [6, 6.07) is 6.14. The van der Waals surface area contributed by atoms with Crippen molar-refractivity contribution in [1.82, 2.24) is 9.78 Å². The molecule has 0 atom stereocenters. The van der Waals surface area contributed by atoms with E-state index < -0.39 is 0 Å². The van der Waals surface area contributed by atoms with Crippen LogP contribution in [0, 0.1) is 20.8 Å². The summed E-state index contributed by atoms with van der Waals surface area (Å²) in [5, 5.41) is 5.18. The van der Waals surface area contributed by atoms with Crippen molar-refractivity contribution in [1.29, 1.82) is 0 Å². The van der Waals surface area contributed by atoms with E-state index in [1.165, 1.54) is 0 Å². The Hall–Kier alpha value is -1.32. The molecule has 0 aliphatic heterocycles. The molecule has 1 heterocycles. The fourth-order valence-corrected chi connectivity index (χ4v) is 2.06. The van der Waals surface area contributed by atoms with Crippen LogP contribution in [0.4, 0.5) is 0 Å².